The van der Waals surface area contributed by atoms with E-state index in [1.165, 1.54) is 27.5 Å². The van der Waals surface area contributed by atoms with Gasteiger partial charge in [0, 0.05) is 5.92 Å². The summed E-state index contributed by atoms with van der Waals surface area (Å²) in [4.78, 5) is 0. The van der Waals surface area contributed by atoms with Crippen LogP contribution >= 0.6 is 0 Å². The van der Waals surface area contributed by atoms with Crippen molar-refractivity contribution in [1.29, 1.82) is 0 Å². The zero-order chi connectivity index (χ0) is 10.4. The maximum atomic E-state index is 2.32. The van der Waals surface area contributed by atoms with Crippen molar-refractivity contribution in [3.63, 3.8) is 0 Å². The Morgan fingerprint density at radius 1 is 1.00 bits per heavy atom. The van der Waals surface area contributed by atoms with Crippen LogP contribution in [0.25, 0.3) is 16.8 Å². The monoisotopic (exact) mass is 194 g/mol. The molecule has 1 aliphatic rings. The maximum Gasteiger partial charge on any atom is 0.00267 e. The van der Waals surface area contributed by atoms with E-state index >= 15 is 0 Å². The highest BCUT2D eigenvalue weighted by atomic mass is 14.2. The molecule has 0 N–H and O–H groups in total. The topological polar surface area (TPSA) is 0 Å². The lowest BCUT2D eigenvalue weighted by molar-refractivity contribution is 0.905. The van der Waals surface area contributed by atoms with Gasteiger partial charge in [0.1, 0.15) is 0 Å². The van der Waals surface area contributed by atoms with Gasteiger partial charge in [0.25, 0.3) is 0 Å². The molecule has 0 radical (unpaired) electrons. The Bertz CT molecular complexity index is 556. The van der Waals surface area contributed by atoms with Crippen molar-refractivity contribution in [1.82, 2.24) is 0 Å². The van der Waals surface area contributed by atoms with Crippen LogP contribution in [0.1, 0.15) is 30.9 Å². The third-order valence-electron chi connectivity index (χ3n) is 3.50. The summed E-state index contributed by atoms with van der Waals surface area (Å²) in [5.41, 5.74) is 4.31. The van der Waals surface area contributed by atoms with Crippen molar-refractivity contribution in [2.24, 2.45) is 0 Å². The van der Waals surface area contributed by atoms with Crippen LogP contribution in [0.4, 0.5) is 0 Å². The van der Waals surface area contributed by atoms with E-state index in [1.54, 1.807) is 0 Å². The fourth-order valence-corrected chi connectivity index (χ4v) is 2.50. The fourth-order valence-electron chi connectivity index (χ4n) is 2.50. The zero-order valence-corrected chi connectivity index (χ0v) is 9.12. The molecule has 15 heavy (non-hydrogen) atoms. The summed E-state index contributed by atoms with van der Waals surface area (Å²) in [6.45, 7) is 4.51. The summed E-state index contributed by atoms with van der Waals surface area (Å²) >= 11 is 0. The van der Waals surface area contributed by atoms with E-state index in [0.29, 0.717) is 5.92 Å². The Hall–Kier alpha value is -1.56. The van der Waals surface area contributed by atoms with Crippen LogP contribution in [0.5, 0.6) is 0 Å². The highest BCUT2D eigenvalue weighted by Gasteiger charge is 2.17. The average molecular weight is 194 g/mol. The number of hydrogen-bond donors (Lipinski definition) is 0. The molecular formula is C15H14. The van der Waals surface area contributed by atoms with E-state index < -0.39 is 0 Å². The molecule has 1 unspecified atom stereocenters. The second-order valence-electron chi connectivity index (χ2n) is 4.40. The van der Waals surface area contributed by atoms with Crippen molar-refractivity contribution in [2.75, 3.05) is 0 Å². The highest BCUT2D eigenvalue weighted by molar-refractivity contribution is 5.96. The van der Waals surface area contributed by atoms with Crippen LogP contribution in [0.3, 0.4) is 0 Å². The first-order valence-electron chi connectivity index (χ1n) is 5.47. The first kappa shape index (κ1) is 8.72. The van der Waals surface area contributed by atoms with Crippen molar-refractivity contribution < 1.29 is 0 Å². The summed E-state index contributed by atoms with van der Waals surface area (Å²) in [5, 5.41) is 2.80. The SMILES string of the molecule is CC1=Cc2cccc3cccc(c23)C1C. The van der Waals surface area contributed by atoms with Gasteiger partial charge in [-0.1, -0.05) is 55.0 Å². The Labute approximate surface area is 90.2 Å². The summed E-state index contributed by atoms with van der Waals surface area (Å²) in [7, 11) is 0. The highest BCUT2D eigenvalue weighted by Crippen LogP contribution is 2.37. The minimum Gasteiger partial charge on any atom is -0.0655 e. The molecule has 3 rings (SSSR count). The van der Waals surface area contributed by atoms with Gasteiger partial charge in [-0.15, -0.1) is 0 Å². The lowest BCUT2D eigenvalue weighted by Crippen LogP contribution is -2.02. The van der Waals surface area contributed by atoms with E-state index in [-0.39, 0.29) is 0 Å². The Kier molecular flexibility index (Phi) is 1.72. The van der Waals surface area contributed by atoms with Crippen molar-refractivity contribution in [3.05, 3.63) is 53.1 Å². The molecule has 0 spiro atoms. The molecular weight excluding hydrogens is 180 g/mol. The molecule has 1 atom stereocenters. The predicted octanol–water partition coefficient (Wildman–Crippen LogP) is 4.36. The van der Waals surface area contributed by atoms with Gasteiger partial charge in [-0.2, -0.15) is 0 Å². The third-order valence-corrected chi connectivity index (χ3v) is 3.50. The normalized spacial score (nSPS) is 19.1. The van der Waals surface area contributed by atoms with E-state index in [9.17, 15) is 0 Å². The lowest BCUT2D eigenvalue weighted by Gasteiger charge is -2.22. The van der Waals surface area contributed by atoms with Gasteiger partial charge in [-0.05, 0) is 28.8 Å². The van der Waals surface area contributed by atoms with Gasteiger partial charge in [0.05, 0.1) is 0 Å². The van der Waals surface area contributed by atoms with E-state index in [0.717, 1.165) is 0 Å². The zero-order valence-electron chi connectivity index (χ0n) is 9.12. The molecule has 0 heterocycles. The van der Waals surface area contributed by atoms with Gasteiger partial charge < -0.3 is 0 Å². The maximum absolute atomic E-state index is 2.32. The standard InChI is InChI=1S/C15H14/c1-10-9-13-7-3-5-12-6-4-8-14(11(10)2)15(12)13/h3-9,11H,1-2H3. The second kappa shape index (κ2) is 2.96. The molecule has 0 saturated heterocycles. The molecule has 0 heteroatoms. The van der Waals surface area contributed by atoms with Crippen molar-refractivity contribution in [3.8, 4) is 0 Å². The quantitative estimate of drug-likeness (QED) is 0.584. The van der Waals surface area contributed by atoms with Crippen LogP contribution in [0.15, 0.2) is 42.0 Å². The predicted molar refractivity (Wildman–Crippen MR) is 66.0 cm³/mol. The van der Waals surface area contributed by atoms with Crippen LogP contribution in [0.2, 0.25) is 0 Å². The average Bonchev–Trinajstić information content (AvgIpc) is 2.26. The van der Waals surface area contributed by atoms with Crippen LogP contribution in [-0.4, -0.2) is 0 Å². The number of rotatable bonds is 0. The van der Waals surface area contributed by atoms with E-state index in [1.807, 2.05) is 0 Å². The lowest BCUT2D eigenvalue weighted by atomic mass is 9.83. The first-order chi connectivity index (χ1) is 7.27. The fraction of sp³-hybridized carbons (Fsp3) is 0.200. The number of hydrogen-bond acceptors (Lipinski definition) is 0. The summed E-state index contributed by atoms with van der Waals surface area (Å²) < 4.78 is 0. The van der Waals surface area contributed by atoms with Gasteiger partial charge in [0.2, 0.25) is 0 Å². The molecule has 0 fully saturated rings. The third kappa shape index (κ3) is 1.14. The molecule has 0 bridgehead atoms. The first-order valence-corrected chi connectivity index (χ1v) is 5.47. The molecule has 0 aromatic heterocycles. The molecule has 2 aromatic rings. The summed E-state index contributed by atoms with van der Waals surface area (Å²) in [5.74, 6) is 0.559. The van der Waals surface area contributed by atoms with Crippen LogP contribution in [0, 0.1) is 0 Å². The molecule has 0 nitrogen and oxygen atoms in total. The van der Waals surface area contributed by atoms with Crippen molar-refractivity contribution >= 4 is 16.8 Å². The number of allylic oxidation sites excluding steroid dienone is 1. The van der Waals surface area contributed by atoms with Crippen LogP contribution < -0.4 is 0 Å². The Morgan fingerprint density at radius 3 is 2.53 bits per heavy atom. The van der Waals surface area contributed by atoms with E-state index in [4.69, 9.17) is 0 Å². The smallest absolute Gasteiger partial charge is 0.00267 e. The Balaban J connectivity index is 2.49. The Morgan fingerprint density at radius 2 is 1.73 bits per heavy atom. The molecule has 1 aliphatic carbocycles. The van der Waals surface area contributed by atoms with Crippen molar-refractivity contribution in [2.45, 2.75) is 19.8 Å². The minimum absolute atomic E-state index is 0.559. The summed E-state index contributed by atoms with van der Waals surface area (Å²) in [6, 6.07) is 13.2. The molecule has 2 aromatic carbocycles. The number of benzene rings is 2. The molecule has 0 amide bonds. The second-order valence-corrected chi connectivity index (χ2v) is 4.40. The largest absolute Gasteiger partial charge is 0.0655 e. The summed E-state index contributed by atoms with van der Waals surface area (Å²) in [6.07, 6.45) is 2.32. The van der Waals surface area contributed by atoms with Gasteiger partial charge in [-0.3, -0.25) is 0 Å². The molecule has 0 saturated carbocycles. The van der Waals surface area contributed by atoms with Gasteiger partial charge in [0.15, 0.2) is 0 Å². The molecule has 74 valence electrons. The van der Waals surface area contributed by atoms with Gasteiger partial charge >= 0.3 is 0 Å². The van der Waals surface area contributed by atoms with Gasteiger partial charge in [-0.25, -0.2) is 0 Å². The minimum atomic E-state index is 0.559. The van der Waals surface area contributed by atoms with E-state index in [2.05, 4.69) is 56.3 Å². The molecule has 0 aliphatic heterocycles. The van der Waals surface area contributed by atoms with Crippen LogP contribution in [-0.2, 0) is 0 Å².